The lowest BCUT2D eigenvalue weighted by Gasteiger charge is -2.31. The van der Waals surface area contributed by atoms with Crippen LogP contribution in [0.2, 0.25) is 0 Å². The Labute approximate surface area is 114 Å². The summed E-state index contributed by atoms with van der Waals surface area (Å²) < 4.78 is 0. The van der Waals surface area contributed by atoms with Gasteiger partial charge in [0, 0.05) is 24.5 Å². The van der Waals surface area contributed by atoms with Crippen LogP contribution in [0.25, 0.3) is 0 Å². The van der Waals surface area contributed by atoms with E-state index in [0.717, 1.165) is 18.7 Å². The zero-order chi connectivity index (χ0) is 13.1. The van der Waals surface area contributed by atoms with Crippen molar-refractivity contribution in [1.29, 1.82) is 0 Å². The summed E-state index contributed by atoms with van der Waals surface area (Å²) in [7, 11) is 0. The van der Waals surface area contributed by atoms with Gasteiger partial charge in [-0.15, -0.1) is 0 Å². The minimum atomic E-state index is 0.840. The topological polar surface area (TPSA) is 29.3 Å². The Morgan fingerprint density at radius 1 is 1.00 bits per heavy atom. The molecular weight excluding hydrogens is 232 g/mol. The molecule has 0 aliphatic carbocycles. The number of nitrogen functional groups attached to an aromatic ring is 1. The number of nitrogens with two attached hydrogens (primary N) is 1. The summed E-state index contributed by atoms with van der Waals surface area (Å²) in [5, 5.41) is 0. The molecule has 19 heavy (non-hydrogen) atoms. The molecular formula is C17H20N2. The second-order valence-electron chi connectivity index (χ2n) is 5.21. The zero-order valence-electron chi connectivity index (χ0n) is 11.2. The van der Waals surface area contributed by atoms with Gasteiger partial charge in [-0.1, -0.05) is 30.3 Å². The maximum absolute atomic E-state index is 5.72. The lowest BCUT2D eigenvalue weighted by molar-refractivity contribution is 0.688. The van der Waals surface area contributed by atoms with Crippen LogP contribution in [0.1, 0.15) is 17.5 Å². The first-order chi connectivity index (χ1) is 9.33. The highest BCUT2D eigenvalue weighted by molar-refractivity contribution is 5.55. The van der Waals surface area contributed by atoms with Crippen LogP contribution in [0, 0.1) is 0 Å². The van der Waals surface area contributed by atoms with Gasteiger partial charge in [-0.3, -0.25) is 0 Å². The molecule has 2 nitrogen and oxygen atoms in total. The van der Waals surface area contributed by atoms with Gasteiger partial charge in [0.2, 0.25) is 0 Å². The summed E-state index contributed by atoms with van der Waals surface area (Å²) in [4.78, 5) is 2.51. The molecule has 0 spiro atoms. The molecule has 1 heterocycles. The number of para-hydroxylation sites is 1. The number of benzene rings is 2. The monoisotopic (exact) mass is 252 g/mol. The van der Waals surface area contributed by atoms with E-state index in [4.69, 9.17) is 5.73 Å². The van der Waals surface area contributed by atoms with E-state index in [2.05, 4.69) is 41.3 Å². The highest BCUT2D eigenvalue weighted by Gasteiger charge is 2.15. The molecule has 2 N–H and O–H groups in total. The fourth-order valence-electron chi connectivity index (χ4n) is 2.79. The second kappa shape index (κ2) is 5.35. The molecule has 98 valence electrons. The Hall–Kier alpha value is -1.96. The molecule has 0 amide bonds. The standard InChI is InChI=1S/C17H20N2/c18-16-9-7-14(8-10-16)11-13-19-12-3-5-15-4-1-2-6-17(15)19/h1-2,4,6-10H,3,5,11-13,18H2. The summed E-state index contributed by atoms with van der Waals surface area (Å²) in [6.07, 6.45) is 3.56. The van der Waals surface area contributed by atoms with Crippen molar-refractivity contribution in [3.63, 3.8) is 0 Å². The van der Waals surface area contributed by atoms with Crippen molar-refractivity contribution in [2.45, 2.75) is 19.3 Å². The molecule has 0 unspecified atom stereocenters. The number of anilines is 2. The maximum Gasteiger partial charge on any atom is 0.0398 e. The van der Waals surface area contributed by atoms with Crippen molar-refractivity contribution in [1.82, 2.24) is 0 Å². The summed E-state index contributed by atoms with van der Waals surface area (Å²) in [6.45, 7) is 2.26. The first kappa shape index (κ1) is 12.1. The number of fused-ring (bicyclic) bond motifs is 1. The SMILES string of the molecule is Nc1ccc(CCN2CCCc3ccccc32)cc1. The molecule has 2 aromatic rings. The van der Waals surface area contributed by atoms with E-state index in [1.165, 1.54) is 36.2 Å². The third-order valence-corrected chi connectivity index (χ3v) is 3.86. The lowest BCUT2D eigenvalue weighted by Crippen LogP contribution is -2.31. The normalized spacial score (nSPS) is 14.2. The van der Waals surface area contributed by atoms with Crippen molar-refractivity contribution in [3.05, 3.63) is 59.7 Å². The van der Waals surface area contributed by atoms with Gasteiger partial charge in [0.25, 0.3) is 0 Å². The van der Waals surface area contributed by atoms with Gasteiger partial charge in [0.05, 0.1) is 0 Å². The van der Waals surface area contributed by atoms with Crippen LogP contribution < -0.4 is 10.6 Å². The van der Waals surface area contributed by atoms with Crippen LogP contribution >= 0.6 is 0 Å². The minimum absolute atomic E-state index is 0.840. The predicted octanol–water partition coefficient (Wildman–Crippen LogP) is 3.26. The number of hydrogen-bond acceptors (Lipinski definition) is 2. The van der Waals surface area contributed by atoms with E-state index in [-0.39, 0.29) is 0 Å². The average Bonchev–Trinajstić information content (AvgIpc) is 2.47. The molecule has 0 aromatic heterocycles. The van der Waals surface area contributed by atoms with Crippen molar-refractivity contribution < 1.29 is 0 Å². The van der Waals surface area contributed by atoms with Gasteiger partial charge in [-0.2, -0.15) is 0 Å². The van der Waals surface area contributed by atoms with E-state index in [1.807, 2.05) is 12.1 Å². The van der Waals surface area contributed by atoms with Crippen LogP contribution in [0.15, 0.2) is 48.5 Å². The van der Waals surface area contributed by atoms with Crippen LogP contribution in [0.4, 0.5) is 11.4 Å². The molecule has 0 bridgehead atoms. The quantitative estimate of drug-likeness (QED) is 0.850. The third-order valence-electron chi connectivity index (χ3n) is 3.86. The Bertz CT molecular complexity index is 545. The smallest absolute Gasteiger partial charge is 0.0398 e. The summed E-state index contributed by atoms with van der Waals surface area (Å²) >= 11 is 0. The average molecular weight is 252 g/mol. The lowest BCUT2D eigenvalue weighted by atomic mass is 10.0. The number of hydrogen-bond donors (Lipinski definition) is 1. The first-order valence-electron chi connectivity index (χ1n) is 7.00. The third kappa shape index (κ3) is 2.73. The van der Waals surface area contributed by atoms with E-state index in [0.29, 0.717) is 0 Å². The second-order valence-corrected chi connectivity index (χ2v) is 5.21. The fourth-order valence-corrected chi connectivity index (χ4v) is 2.79. The molecule has 0 atom stereocenters. The molecule has 3 rings (SSSR count). The summed E-state index contributed by atoms with van der Waals surface area (Å²) in [5.74, 6) is 0. The van der Waals surface area contributed by atoms with Crippen LogP contribution in [-0.4, -0.2) is 13.1 Å². The molecule has 0 radical (unpaired) electrons. The van der Waals surface area contributed by atoms with E-state index in [1.54, 1.807) is 0 Å². The molecule has 0 fully saturated rings. The molecule has 2 aromatic carbocycles. The van der Waals surface area contributed by atoms with Crippen LogP contribution in [0.5, 0.6) is 0 Å². The Kier molecular flexibility index (Phi) is 3.41. The Balaban J connectivity index is 1.69. The largest absolute Gasteiger partial charge is 0.399 e. The Morgan fingerprint density at radius 3 is 2.63 bits per heavy atom. The molecule has 0 saturated heterocycles. The van der Waals surface area contributed by atoms with Crippen molar-refractivity contribution >= 4 is 11.4 Å². The van der Waals surface area contributed by atoms with Crippen molar-refractivity contribution in [2.24, 2.45) is 0 Å². The zero-order valence-corrected chi connectivity index (χ0v) is 11.2. The molecule has 0 saturated carbocycles. The number of nitrogens with zero attached hydrogens (tertiary/aromatic N) is 1. The summed E-state index contributed by atoms with van der Waals surface area (Å²) in [5.41, 5.74) is 10.8. The van der Waals surface area contributed by atoms with Crippen molar-refractivity contribution in [2.75, 3.05) is 23.7 Å². The molecule has 1 aliphatic rings. The van der Waals surface area contributed by atoms with Gasteiger partial charge in [-0.25, -0.2) is 0 Å². The van der Waals surface area contributed by atoms with Crippen LogP contribution in [-0.2, 0) is 12.8 Å². The van der Waals surface area contributed by atoms with Crippen molar-refractivity contribution in [3.8, 4) is 0 Å². The van der Waals surface area contributed by atoms with E-state index in [9.17, 15) is 0 Å². The van der Waals surface area contributed by atoms with E-state index < -0.39 is 0 Å². The minimum Gasteiger partial charge on any atom is -0.399 e. The molecule has 2 heteroatoms. The van der Waals surface area contributed by atoms with Gasteiger partial charge in [-0.05, 0) is 48.6 Å². The summed E-state index contributed by atoms with van der Waals surface area (Å²) in [6, 6.07) is 17.0. The van der Waals surface area contributed by atoms with E-state index >= 15 is 0 Å². The van der Waals surface area contributed by atoms with Gasteiger partial charge >= 0.3 is 0 Å². The predicted molar refractivity (Wildman–Crippen MR) is 81.5 cm³/mol. The fraction of sp³-hybridized carbons (Fsp3) is 0.294. The van der Waals surface area contributed by atoms with Crippen LogP contribution in [0.3, 0.4) is 0 Å². The number of rotatable bonds is 3. The van der Waals surface area contributed by atoms with Gasteiger partial charge in [0.15, 0.2) is 0 Å². The first-order valence-corrected chi connectivity index (χ1v) is 7.00. The highest BCUT2D eigenvalue weighted by atomic mass is 15.1. The Morgan fingerprint density at radius 2 is 1.79 bits per heavy atom. The van der Waals surface area contributed by atoms with Gasteiger partial charge in [0.1, 0.15) is 0 Å². The van der Waals surface area contributed by atoms with Gasteiger partial charge < -0.3 is 10.6 Å². The maximum atomic E-state index is 5.72. The number of aryl methyl sites for hydroxylation is 1. The highest BCUT2D eigenvalue weighted by Crippen LogP contribution is 2.26. The molecule has 1 aliphatic heterocycles.